The number of aliphatic carboxylic acids is 1. The molecule has 0 spiro atoms. The second kappa shape index (κ2) is 5.56. The first kappa shape index (κ1) is 14.4. The van der Waals surface area contributed by atoms with Crippen molar-refractivity contribution in [2.75, 3.05) is 6.54 Å². The van der Waals surface area contributed by atoms with Crippen molar-refractivity contribution < 1.29 is 23.5 Å². The number of nitrogens with zero attached hydrogens (tertiary/aromatic N) is 1. The lowest BCUT2D eigenvalue weighted by Crippen LogP contribution is -2.43. The van der Waals surface area contributed by atoms with Gasteiger partial charge in [0.05, 0.1) is 6.42 Å². The van der Waals surface area contributed by atoms with E-state index in [0.717, 1.165) is 6.07 Å². The summed E-state index contributed by atoms with van der Waals surface area (Å²) in [5.74, 6) is -3.14. The van der Waals surface area contributed by atoms with Crippen LogP contribution in [0.1, 0.15) is 18.9 Å². The van der Waals surface area contributed by atoms with Gasteiger partial charge in [0.15, 0.2) is 0 Å². The number of carboxylic acid groups (broad SMARTS) is 1. The van der Waals surface area contributed by atoms with Gasteiger partial charge >= 0.3 is 5.97 Å². The fourth-order valence-electron chi connectivity index (χ4n) is 2.53. The summed E-state index contributed by atoms with van der Waals surface area (Å²) >= 11 is 0. The molecule has 20 heavy (non-hydrogen) atoms. The van der Waals surface area contributed by atoms with Crippen molar-refractivity contribution in [3.05, 3.63) is 35.4 Å². The van der Waals surface area contributed by atoms with E-state index in [1.807, 2.05) is 0 Å². The topological polar surface area (TPSA) is 57.6 Å². The van der Waals surface area contributed by atoms with Gasteiger partial charge in [-0.3, -0.25) is 4.79 Å². The Hall–Kier alpha value is -1.98. The molecule has 1 heterocycles. The van der Waals surface area contributed by atoms with Crippen LogP contribution in [0.4, 0.5) is 8.78 Å². The van der Waals surface area contributed by atoms with Gasteiger partial charge in [-0.2, -0.15) is 0 Å². The summed E-state index contributed by atoms with van der Waals surface area (Å²) in [5.41, 5.74) is 0.0695. The summed E-state index contributed by atoms with van der Waals surface area (Å²) in [6.45, 7) is 2.12. The van der Waals surface area contributed by atoms with Crippen LogP contribution in [0.5, 0.6) is 0 Å². The van der Waals surface area contributed by atoms with Gasteiger partial charge in [0.25, 0.3) is 0 Å². The molecule has 1 aliphatic heterocycles. The summed E-state index contributed by atoms with van der Waals surface area (Å²) < 4.78 is 26.3. The number of hydrogen-bond donors (Lipinski definition) is 1. The highest BCUT2D eigenvalue weighted by Crippen LogP contribution is 2.25. The maximum Gasteiger partial charge on any atom is 0.326 e. The van der Waals surface area contributed by atoms with Crippen LogP contribution in [0.2, 0.25) is 0 Å². The Bertz CT molecular complexity index is 547. The van der Waals surface area contributed by atoms with Crippen LogP contribution in [0.15, 0.2) is 18.2 Å². The number of amides is 1. The molecule has 6 heteroatoms. The molecule has 0 aliphatic carbocycles. The Morgan fingerprint density at radius 2 is 2.10 bits per heavy atom. The third kappa shape index (κ3) is 2.79. The molecule has 0 radical (unpaired) electrons. The normalized spacial score (nSPS) is 22.1. The van der Waals surface area contributed by atoms with Gasteiger partial charge in [-0.25, -0.2) is 13.6 Å². The van der Waals surface area contributed by atoms with E-state index in [9.17, 15) is 18.4 Å². The van der Waals surface area contributed by atoms with Crippen molar-refractivity contribution in [1.29, 1.82) is 0 Å². The summed E-state index contributed by atoms with van der Waals surface area (Å²) in [5, 5.41) is 9.14. The predicted octanol–water partition coefficient (Wildman–Crippen LogP) is 1.83. The zero-order valence-electron chi connectivity index (χ0n) is 11.0. The average molecular weight is 283 g/mol. The van der Waals surface area contributed by atoms with Gasteiger partial charge in [-0.05, 0) is 24.0 Å². The fraction of sp³-hybridized carbons (Fsp3) is 0.429. The number of benzene rings is 1. The maximum atomic E-state index is 13.5. The highest BCUT2D eigenvalue weighted by molar-refractivity contribution is 5.85. The van der Waals surface area contributed by atoms with Crippen molar-refractivity contribution in [3.63, 3.8) is 0 Å². The van der Waals surface area contributed by atoms with E-state index < -0.39 is 29.6 Å². The minimum absolute atomic E-state index is 0.0695. The number of carboxylic acids is 1. The quantitative estimate of drug-likeness (QED) is 0.920. The van der Waals surface area contributed by atoms with E-state index in [2.05, 4.69) is 0 Å². The number of carbonyl (C=O) groups is 2. The Morgan fingerprint density at radius 1 is 1.40 bits per heavy atom. The van der Waals surface area contributed by atoms with Crippen molar-refractivity contribution in [2.24, 2.45) is 5.92 Å². The van der Waals surface area contributed by atoms with Crippen LogP contribution in [0.3, 0.4) is 0 Å². The second-order valence-electron chi connectivity index (χ2n) is 5.05. The van der Waals surface area contributed by atoms with Gasteiger partial charge in [-0.15, -0.1) is 0 Å². The molecule has 1 saturated heterocycles. The van der Waals surface area contributed by atoms with E-state index in [4.69, 9.17) is 5.11 Å². The molecule has 2 rings (SSSR count). The molecule has 1 fully saturated rings. The Labute approximate surface area is 115 Å². The lowest BCUT2D eigenvalue weighted by Gasteiger charge is -2.23. The molecule has 2 atom stereocenters. The lowest BCUT2D eigenvalue weighted by molar-refractivity contribution is -0.149. The Balaban J connectivity index is 2.14. The van der Waals surface area contributed by atoms with Crippen LogP contribution >= 0.6 is 0 Å². The standard InChI is InChI=1S/C14H15F2NO3/c1-8-4-5-17(13(8)14(19)20)12(18)6-9-2-3-10(15)7-11(9)16/h2-3,7-8,13H,4-6H2,1H3,(H,19,20). The molecule has 1 N–H and O–H groups in total. The van der Waals surface area contributed by atoms with E-state index in [1.54, 1.807) is 6.92 Å². The largest absolute Gasteiger partial charge is 0.480 e. The van der Waals surface area contributed by atoms with Crippen molar-refractivity contribution >= 4 is 11.9 Å². The average Bonchev–Trinajstić information content (AvgIpc) is 2.74. The number of likely N-dealkylation sites (tertiary alicyclic amines) is 1. The zero-order chi connectivity index (χ0) is 14.9. The number of halogens is 2. The van der Waals surface area contributed by atoms with E-state index in [1.165, 1.54) is 11.0 Å². The van der Waals surface area contributed by atoms with E-state index >= 15 is 0 Å². The monoisotopic (exact) mass is 283 g/mol. The molecule has 108 valence electrons. The molecule has 0 saturated carbocycles. The highest BCUT2D eigenvalue weighted by Gasteiger charge is 2.39. The molecular weight excluding hydrogens is 268 g/mol. The van der Waals surface area contributed by atoms with Gasteiger partial charge < -0.3 is 10.0 Å². The van der Waals surface area contributed by atoms with E-state index in [-0.39, 0.29) is 17.9 Å². The Kier molecular flexibility index (Phi) is 4.01. The summed E-state index contributed by atoms with van der Waals surface area (Å²) in [7, 11) is 0. The lowest BCUT2D eigenvalue weighted by atomic mass is 10.0. The summed E-state index contributed by atoms with van der Waals surface area (Å²) in [6, 6.07) is 2.13. The highest BCUT2D eigenvalue weighted by atomic mass is 19.1. The minimum Gasteiger partial charge on any atom is -0.480 e. The first-order valence-electron chi connectivity index (χ1n) is 6.36. The van der Waals surface area contributed by atoms with Gasteiger partial charge in [0.1, 0.15) is 17.7 Å². The van der Waals surface area contributed by atoms with Gasteiger partial charge in [0.2, 0.25) is 5.91 Å². The molecule has 2 unspecified atom stereocenters. The van der Waals surface area contributed by atoms with Crippen molar-refractivity contribution in [3.8, 4) is 0 Å². The first-order valence-corrected chi connectivity index (χ1v) is 6.36. The van der Waals surface area contributed by atoms with Crippen LogP contribution in [0, 0.1) is 17.6 Å². The molecule has 1 amide bonds. The predicted molar refractivity (Wildman–Crippen MR) is 67.0 cm³/mol. The molecule has 1 aromatic carbocycles. The maximum absolute atomic E-state index is 13.5. The number of rotatable bonds is 3. The van der Waals surface area contributed by atoms with E-state index in [0.29, 0.717) is 19.0 Å². The number of carbonyl (C=O) groups excluding carboxylic acids is 1. The van der Waals surface area contributed by atoms with Crippen molar-refractivity contribution in [1.82, 2.24) is 4.90 Å². The molecule has 0 bridgehead atoms. The number of hydrogen-bond acceptors (Lipinski definition) is 2. The van der Waals surface area contributed by atoms with Crippen LogP contribution in [-0.2, 0) is 16.0 Å². The third-order valence-electron chi connectivity index (χ3n) is 3.63. The van der Waals surface area contributed by atoms with Crippen molar-refractivity contribution in [2.45, 2.75) is 25.8 Å². The fourth-order valence-corrected chi connectivity index (χ4v) is 2.53. The van der Waals surface area contributed by atoms with Crippen LogP contribution in [0.25, 0.3) is 0 Å². The molecule has 1 aliphatic rings. The van der Waals surface area contributed by atoms with Gasteiger partial charge in [0, 0.05) is 12.6 Å². The minimum atomic E-state index is -1.05. The van der Waals surface area contributed by atoms with Crippen LogP contribution < -0.4 is 0 Å². The van der Waals surface area contributed by atoms with Crippen LogP contribution in [-0.4, -0.2) is 34.5 Å². The SMILES string of the molecule is CC1CCN(C(=O)Cc2ccc(F)cc2F)C1C(=O)O. The summed E-state index contributed by atoms with van der Waals surface area (Å²) in [4.78, 5) is 24.5. The first-order chi connectivity index (χ1) is 9.40. The molecule has 0 aromatic heterocycles. The zero-order valence-corrected chi connectivity index (χ0v) is 11.0. The molecule has 4 nitrogen and oxygen atoms in total. The Morgan fingerprint density at radius 3 is 2.70 bits per heavy atom. The smallest absolute Gasteiger partial charge is 0.326 e. The molecular formula is C14H15F2NO3. The third-order valence-corrected chi connectivity index (χ3v) is 3.63. The van der Waals surface area contributed by atoms with Gasteiger partial charge in [-0.1, -0.05) is 13.0 Å². The molecule has 1 aromatic rings. The second-order valence-corrected chi connectivity index (χ2v) is 5.05. The summed E-state index contributed by atoms with van der Waals surface area (Å²) in [6.07, 6.45) is 0.344.